The number of rotatable bonds is 10. The predicted molar refractivity (Wildman–Crippen MR) is 170 cm³/mol. The monoisotopic (exact) mass is 606 g/mol. The summed E-state index contributed by atoms with van der Waals surface area (Å²) in [6.07, 6.45) is 3.13. The number of allylic oxidation sites excluding steroid dienone is 1. The van der Waals surface area contributed by atoms with E-state index in [4.69, 9.17) is 14.0 Å². The number of carbonyl (C=O) groups excluding carboxylic acids is 1. The molecule has 0 saturated carbocycles. The molecule has 0 saturated heterocycles. The van der Waals surface area contributed by atoms with Crippen LogP contribution in [-0.4, -0.2) is 41.3 Å². The van der Waals surface area contributed by atoms with Crippen molar-refractivity contribution in [1.29, 1.82) is 0 Å². The van der Waals surface area contributed by atoms with Gasteiger partial charge in [0.1, 0.15) is 11.5 Å². The molecule has 10 heteroatoms. The van der Waals surface area contributed by atoms with Crippen molar-refractivity contribution in [3.8, 4) is 22.8 Å². The summed E-state index contributed by atoms with van der Waals surface area (Å²) in [6, 6.07) is 19.7. The predicted octanol–water partition coefficient (Wildman–Crippen LogP) is 6.97. The van der Waals surface area contributed by atoms with Crippen molar-refractivity contribution in [2.45, 2.75) is 43.8 Å². The third kappa shape index (κ3) is 6.36. The summed E-state index contributed by atoms with van der Waals surface area (Å²) in [5.74, 6) is 0.908. The first-order chi connectivity index (χ1) is 19.7. The largest absolute Gasteiger partial charge is 0.496 e. The molecule has 0 bridgehead atoms. The molecule has 0 aliphatic carbocycles. The second-order valence-electron chi connectivity index (χ2n) is 11.6. The standard InChI is InChI=1S/C32H38N2O6SSi/c1-32(2,3)42(7,8)40-33-41(36,37)25-16-13-22(14-17-25)29(35)18-15-24-19-26(31(39-6)21-30(24)38-5)28-20-23-11-9-10-12-27(23)34(28)4/h9-21,33H,1-8H3. The molecule has 0 atom stereocenters. The molecule has 0 aliphatic heterocycles. The van der Waals surface area contributed by atoms with Crippen LogP contribution in [0.3, 0.4) is 0 Å². The molecule has 3 aromatic carbocycles. The third-order valence-electron chi connectivity index (χ3n) is 7.86. The van der Waals surface area contributed by atoms with Crippen LogP contribution >= 0.6 is 0 Å². The number of hydrogen-bond acceptors (Lipinski definition) is 6. The minimum Gasteiger partial charge on any atom is -0.496 e. The lowest BCUT2D eigenvalue weighted by Gasteiger charge is -2.35. The number of ketones is 1. The highest BCUT2D eigenvalue weighted by Crippen LogP contribution is 2.39. The number of fused-ring (bicyclic) bond motifs is 1. The summed E-state index contributed by atoms with van der Waals surface area (Å²) >= 11 is 0. The Hall–Kier alpha value is -3.70. The van der Waals surface area contributed by atoms with E-state index in [0.717, 1.165) is 22.2 Å². The Morgan fingerprint density at radius 3 is 2.17 bits per heavy atom. The number of ether oxygens (including phenoxy) is 2. The fourth-order valence-corrected chi connectivity index (χ4v) is 6.39. The summed E-state index contributed by atoms with van der Waals surface area (Å²) < 4.78 is 44.7. The lowest BCUT2D eigenvalue weighted by molar-refractivity contribution is 0.104. The van der Waals surface area contributed by atoms with Crippen LogP contribution in [0.25, 0.3) is 28.2 Å². The number of aryl methyl sites for hydroxylation is 1. The molecule has 0 radical (unpaired) electrons. The molecule has 0 aliphatic rings. The summed E-state index contributed by atoms with van der Waals surface area (Å²) in [4.78, 5) is 15.3. The maximum Gasteiger partial charge on any atom is 0.261 e. The fourth-order valence-electron chi connectivity index (χ4n) is 4.22. The first-order valence-electron chi connectivity index (χ1n) is 13.5. The molecule has 222 valence electrons. The normalized spacial score (nSPS) is 12.7. The Morgan fingerprint density at radius 1 is 0.929 bits per heavy atom. The van der Waals surface area contributed by atoms with E-state index in [-0.39, 0.29) is 15.7 Å². The zero-order valence-electron chi connectivity index (χ0n) is 25.3. The molecule has 1 heterocycles. The van der Waals surface area contributed by atoms with Crippen LogP contribution in [0.4, 0.5) is 0 Å². The van der Waals surface area contributed by atoms with E-state index < -0.39 is 18.3 Å². The number of nitrogens with zero attached hydrogens (tertiary/aromatic N) is 1. The van der Waals surface area contributed by atoms with Crippen LogP contribution in [0, 0.1) is 0 Å². The van der Waals surface area contributed by atoms with Crippen LogP contribution in [0.15, 0.2) is 77.7 Å². The van der Waals surface area contributed by atoms with E-state index in [1.54, 1.807) is 26.4 Å². The van der Waals surface area contributed by atoms with Gasteiger partial charge in [-0.25, -0.2) is 8.42 Å². The van der Waals surface area contributed by atoms with Gasteiger partial charge < -0.3 is 18.6 Å². The zero-order chi connectivity index (χ0) is 30.9. The average Bonchev–Trinajstić information content (AvgIpc) is 3.30. The van der Waals surface area contributed by atoms with Crippen LogP contribution in [0.5, 0.6) is 11.5 Å². The lowest BCUT2D eigenvalue weighted by atomic mass is 10.0. The van der Waals surface area contributed by atoms with Gasteiger partial charge in [-0.05, 0) is 72.7 Å². The number of aromatic nitrogens is 1. The van der Waals surface area contributed by atoms with Gasteiger partial charge >= 0.3 is 0 Å². The van der Waals surface area contributed by atoms with E-state index in [1.165, 1.54) is 30.3 Å². The van der Waals surface area contributed by atoms with E-state index in [1.807, 2.05) is 59.1 Å². The van der Waals surface area contributed by atoms with Crippen molar-refractivity contribution in [2.75, 3.05) is 14.2 Å². The van der Waals surface area contributed by atoms with Crippen LogP contribution in [0.2, 0.25) is 18.1 Å². The van der Waals surface area contributed by atoms with Crippen molar-refractivity contribution in [3.05, 3.63) is 83.9 Å². The second-order valence-corrected chi connectivity index (χ2v) is 18.0. The van der Waals surface area contributed by atoms with E-state index in [2.05, 4.69) is 27.7 Å². The van der Waals surface area contributed by atoms with Gasteiger partial charge in [0.2, 0.25) is 8.32 Å². The quantitative estimate of drug-likeness (QED) is 0.0906. The summed E-state index contributed by atoms with van der Waals surface area (Å²) in [7, 11) is -1.08. The highest BCUT2D eigenvalue weighted by atomic mass is 32.2. The maximum atomic E-state index is 13.1. The Morgan fingerprint density at radius 2 is 1.57 bits per heavy atom. The number of benzene rings is 3. The molecule has 1 N–H and O–H groups in total. The molecule has 42 heavy (non-hydrogen) atoms. The topological polar surface area (TPSA) is 95.9 Å². The molecule has 0 unspecified atom stereocenters. The average molecular weight is 607 g/mol. The smallest absolute Gasteiger partial charge is 0.261 e. The molecule has 0 spiro atoms. The Kier molecular flexibility index (Phi) is 8.84. The maximum absolute atomic E-state index is 13.1. The number of sulfonamides is 1. The number of carbonyl (C=O) groups is 1. The second kappa shape index (κ2) is 11.9. The minimum absolute atomic E-state index is 0.0122. The van der Waals surface area contributed by atoms with Crippen molar-refractivity contribution >= 4 is 41.1 Å². The van der Waals surface area contributed by atoms with E-state index >= 15 is 0 Å². The minimum atomic E-state index is -3.91. The molecule has 4 aromatic rings. The first kappa shape index (κ1) is 31.2. The number of nitrogens with one attached hydrogen (secondary N) is 1. The highest BCUT2D eigenvalue weighted by Gasteiger charge is 2.39. The van der Waals surface area contributed by atoms with Gasteiger partial charge in [0.15, 0.2) is 5.78 Å². The first-order valence-corrected chi connectivity index (χ1v) is 17.9. The Balaban J connectivity index is 1.58. The molecule has 0 amide bonds. The summed E-state index contributed by atoms with van der Waals surface area (Å²) in [6.45, 7) is 9.96. The van der Waals surface area contributed by atoms with Crippen LogP contribution in [0.1, 0.15) is 36.7 Å². The molecule has 0 fully saturated rings. The molecule has 8 nitrogen and oxygen atoms in total. The lowest BCUT2D eigenvalue weighted by Crippen LogP contribution is -2.46. The third-order valence-corrected chi connectivity index (χ3v) is 13.4. The van der Waals surface area contributed by atoms with Gasteiger partial charge in [0, 0.05) is 40.7 Å². The van der Waals surface area contributed by atoms with Crippen molar-refractivity contribution < 1.29 is 27.2 Å². The number of hydrogen-bond donors (Lipinski definition) is 1. The van der Waals surface area contributed by atoms with Crippen LogP contribution < -0.4 is 14.4 Å². The van der Waals surface area contributed by atoms with E-state index in [0.29, 0.717) is 22.6 Å². The molecular weight excluding hydrogens is 569 g/mol. The SMILES string of the molecule is COc1cc(OC)c(-c2cc3ccccc3n2C)cc1C=CC(=O)c1ccc(S(=O)(=O)NO[Si](C)(C)C(C)(C)C)cc1. The van der Waals surface area contributed by atoms with Gasteiger partial charge in [-0.15, -0.1) is 4.89 Å². The van der Waals surface area contributed by atoms with Gasteiger partial charge in [-0.2, -0.15) is 0 Å². The highest BCUT2D eigenvalue weighted by molar-refractivity contribution is 7.89. The summed E-state index contributed by atoms with van der Waals surface area (Å²) in [5.41, 5.74) is 3.94. The van der Waals surface area contributed by atoms with Crippen molar-refractivity contribution in [3.63, 3.8) is 0 Å². The Labute approximate surface area is 249 Å². The van der Waals surface area contributed by atoms with Crippen molar-refractivity contribution in [1.82, 2.24) is 9.45 Å². The molecule has 4 rings (SSSR count). The summed E-state index contributed by atoms with van der Waals surface area (Å²) in [5, 5.41) is 0.938. The molecular formula is C32H38N2O6SSi. The van der Waals surface area contributed by atoms with Gasteiger partial charge in [-0.3, -0.25) is 4.79 Å². The zero-order valence-corrected chi connectivity index (χ0v) is 27.1. The van der Waals surface area contributed by atoms with Gasteiger partial charge in [-0.1, -0.05) is 39.0 Å². The van der Waals surface area contributed by atoms with Crippen molar-refractivity contribution in [2.24, 2.45) is 7.05 Å². The van der Waals surface area contributed by atoms with Gasteiger partial charge in [0.05, 0.1) is 24.8 Å². The number of para-hydroxylation sites is 1. The van der Waals surface area contributed by atoms with Gasteiger partial charge in [0.25, 0.3) is 10.0 Å². The fraction of sp³-hybridized carbons (Fsp3) is 0.281. The van der Waals surface area contributed by atoms with Crippen LogP contribution in [-0.2, 0) is 21.6 Å². The Bertz CT molecular complexity index is 1750. The number of methoxy groups -OCH3 is 2. The molecule has 1 aromatic heterocycles. The van der Waals surface area contributed by atoms with E-state index in [9.17, 15) is 13.2 Å².